The third kappa shape index (κ3) is 10.6. The molecule has 0 amide bonds. The van der Waals surface area contributed by atoms with Crippen molar-refractivity contribution in [2.75, 3.05) is 0 Å². The minimum absolute atomic E-state index is 0.550. The highest BCUT2D eigenvalue weighted by molar-refractivity contribution is 5.21. The molecule has 0 aromatic carbocycles. The van der Waals surface area contributed by atoms with Crippen LogP contribution >= 0.6 is 0 Å². The Morgan fingerprint density at radius 2 is 0.815 bits per heavy atom. The van der Waals surface area contributed by atoms with Crippen LogP contribution in [-0.2, 0) is 0 Å². The molecule has 1 rings (SSSR count). The molecule has 0 fully saturated rings. The van der Waals surface area contributed by atoms with Crippen molar-refractivity contribution in [3.05, 3.63) is 24.3 Å². The van der Waals surface area contributed by atoms with E-state index in [9.17, 15) is 0 Å². The van der Waals surface area contributed by atoms with E-state index in [0.29, 0.717) is 11.3 Å². The van der Waals surface area contributed by atoms with Gasteiger partial charge in [-0.1, -0.05) is 141 Å². The lowest BCUT2D eigenvalue weighted by Crippen LogP contribution is -2.28. The van der Waals surface area contributed by atoms with E-state index in [0.717, 1.165) is 0 Å². The Morgan fingerprint density at radius 1 is 0.481 bits per heavy atom. The average molecular weight is 375 g/mol. The van der Waals surface area contributed by atoms with Crippen LogP contribution < -0.4 is 0 Å². The minimum Gasteiger partial charge on any atom is -0.0771 e. The second kappa shape index (κ2) is 16.4. The summed E-state index contributed by atoms with van der Waals surface area (Å²) >= 11 is 0. The Bertz CT molecular complexity index is 351. The van der Waals surface area contributed by atoms with Crippen molar-refractivity contribution in [1.82, 2.24) is 0 Å². The number of unbranched alkanes of at least 4 members (excludes halogenated alkanes) is 12. The zero-order valence-corrected chi connectivity index (χ0v) is 19.1. The van der Waals surface area contributed by atoms with E-state index in [-0.39, 0.29) is 0 Å². The summed E-state index contributed by atoms with van der Waals surface area (Å²) in [6.07, 6.45) is 35.3. The van der Waals surface area contributed by atoms with E-state index in [1.807, 2.05) is 0 Å². The lowest BCUT2D eigenvalue weighted by molar-refractivity contribution is 0.156. The normalized spacial score (nSPS) is 14.5. The molecule has 0 heterocycles. The summed E-state index contributed by atoms with van der Waals surface area (Å²) in [5.74, 6) is 0.709. The first-order valence-corrected chi connectivity index (χ1v) is 12.6. The number of rotatable bonds is 19. The van der Waals surface area contributed by atoms with Crippen molar-refractivity contribution in [3.63, 3.8) is 0 Å². The molecule has 158 valence electrons. The van der Waals surface area contributed by atoms with Crippen molar-refractivity contribution in [2.24, 2.45) is 11.3 Å². The minimum atomic E-state index is 0.550. The molecule has 0 bridgehead atoms. The van der Waals surface area contributed by atoms with Crippen LogP contribution in [0, 0.1) is 11.3 Å². The molecule has 0 aliphatic heterocycles. The maximum absolute atomic E-state index is 2.51. The Labute approximate surface area is 172 Å². The van der Waals surface area contributed by atoms with Crippen LogP contribution in [0.3, 0.4) is 0 Å². The second-order valence-electron chi connectivity index (χ2n) is 9.15. The highest BCUT2D eigenvalue weighted by Crippen LogP contribution is 2.46. The average Bonchev–Trinajstić information content (AvgIpc) is 3.22. The number of hydrogen-bond donors (Lipinski definition) is 0. The van der Waals surface area contributed by atoms with Crippen molar-refractivity contribution >= 4 is 0 Å². The van der Waals surface area contributed by atoms with E-state index in [1.165, 1.54) is 116 Å². The smallest absolute Gasteiger partial charge is 0.000927 e. The molecule has 0 saturated carbocycles. The van der Waals surface area contributed by atoms with E-state index < -0.39 is 0 Å². The lowest BCUT2D eigenvalue weighted by atomic mass is 9.66. The molecule has 0 aromatic heterocycles. The van der Waals surface area contributed by atoms with Crippen LogP contribution in [-0.4, -0.2) is 0 Å². The second-order valence-corrected chi connectivity index (χ2v) is 9.15. The molecule has 0 radical (unpaired) electrons. The first-order chi connectivity index (χ1) is 13.3. The molecule has 0 unspecified atom stereocenters. The van der Waals surface area contributed by atoms with E-state index in [2.05, 4.69) is 45.1 Å². The van der Waals surface area contributed by atoms with E-state index in [4.69, 9.17) is 0 Å². The summed E-state index contributed by atoms with van der Waals surface area (Å²) in [4.78, 5) is 0. The summed E-state index contributed by atoms with van der Waals surface area (Å²) in [7, 11) is 0. The van der Waals surface area contributed by atoms with Crippen LogP contribution in [0.5, 0.6) is 0 Å². The highest BCUT2D eigenvalue weighted by atomic mass is 14.4. The van der Waals surface area contributed by atoms with Crippen molar-refractivity contribution in [3.8, 4) is 0 Å². The van der Waals surface area contributed by atoms with Crippen molar-refractivity contribution < 1.29 is 0 Å². The largest absolute Gasteiger partial charge is 0.0771 e. The fourth-order valence-electron chi connectivity index (χ4n) is 4.96. The molecule has 1 aliphatic rings. The zero-order valence-electron chi connectivity index (χ0n) is 19.1. The maximum atomic E-state index is 2.51. The summed E-state index contributed by atoms with van der Waals surface area (Å²) in [6.45, 7) is 6.98. The Kier molecular flexibility index (Phi) is 14.9. The Hall–Kier alpha value is -0.520. The highest BCUT2D eigenvalue weighted by Gasteiger charge is 2.35. The van der Waals surface area contributed by atoms with Crippen LogP contribution in [0.4, 0.5) is 0 Å². The number of allylic oxidation sites excluding steroid dienone is 4. The van der Waals surface area contributed by atoms with Gasteiger partial charge < -0.3 is 0 Å². The van der Waals surface area contributed by atoms with Gasteiger partial charge in [0, 0.05) is 5.92 Å². The third-order valence-electron chi connectivity index (χ3n) is 6.79. The summed E-state index contributed by atoms with van der Waals surface area (Å²) in [6, 6.07) is 0. The molecular weight excluding hydrogens is 324 g/mol. The topological polar surface area (TPSA) is 0 Å². The first kappa shape index (κ1) is 24.5. The van der Waals surface area contributed by atoms with E-state index >= 15 is 0 Å². The van der Waals surface area contributed by atoms with Crippen LogP contribution in [0.1, 0.15) is 136 Å². The predicted molar refractivity (Wildman–Crippen MR) is 124 cm³/mol. The monoisotopic (exact) mass is 374 g/mol. The molecule has 27 heavy (non-hydrogen) atoms. The molecule has 1 aliphatic carbocycles. The maximum Gasteiger partial charge on any atom is 0.000927 e. The van der Waals surface area contributed by atoms with Gasteiger partial charge in [0.05, 0.1) is 0 Å². The van der Waals surface area contributed by atoms with Gasteiger partial charge in [0.25, 0.3) is 0 Å². The fourth-order valence-corrected chi connectivity index (χ4v) is 4.96. The SMILES string of the molecule is CCCCCCCCCC(CCCCCC)(CCCCCC)C1C=CC=C1. The molecule has 0 heteroatoms. The number of hydrogen-bond acceptors (Lipinski definition) is 0. The molecule has 0 nitrogen and oxygen atoms in total. The summed E-state index contributed by atoms with van der Waals surface area (Å²) < 4.78 is 0. The van der Waals surface area contributed by atoms with Crippen molar-refractivity contribution in [2.45, 2.75) is 136 Å². The molecule has 0 aromatic rings. The van der Waals surface area contributed by atoms with Gasteiger partial charge >= 0.3 is 0 Å². The van der Waals surface area contributed by atoms with Crippen molar-refractivity contribution in [1.29, 1.82) is 0 Å². The zero-order chi connectivity index (χ0) is 19.6. The fraction of sp³-hybridized carbons (Fsp3) is 0.852. The standard InChI is InChI=1S/C27H50/c1-4-7-10-13-14-15-20-25-27(23-18-11-8-5-2,24-19-12-9-6-3)26-21-16-17-22-26/h16-17,21-22,26H,4-15,18-20,23-25H2,1-3H3. The summed E-state index contributed by atoms with van der Waals surface area (Å²) in [5.41, 5.74) is 0.550. The molecule has 0 atom stereocenters. The third-order valence-corrected chi connectivity index (χ3v) is 6.79. The first-order valence-electron chi connectivity index (χ1n) is 12.6. The Balaban J connectivity index is 2.58. The summed E-state index contributed by atoms with van der Waals surface area (Å²) in [5, 5.41) is 0. The van der Waals surface area contributed by atoms with Gasteiger partial charge in [-0.15, -0.1) is 0 Å². The van der Waals surface area contributed by atoms with Gasteiger partial charge in [-0.3, -0.25) is 0 Å². The van der Waals surface area contributed by atoms with Crippen LogP contribution in [0.25, 0.3) is 0 Å². The van der Waals surface area contributed by atoms with Gasteiger partial charge in [-0.05, 0) is 24.7 Å². The van der Waals surface area contributed by atoms with Gasteiger partial charge in [-0.25, -0.2) is 0 Å². The molecule has 0 N–H and O–H groups in total. The predicted octanol–water partition coefficient (Wildman–Crippen LogP) is 9.80. The van der Waals surface area contributed by atoms with Crippen LogP contribution in [0.15, 0.2) is 24.3 Å². The molecule has 0 saturated heterocycles. The quantitative estimate of drug-likeness (QED) is 0.197. The van der Waals surface area contributed by atoms with E-state index in [1.54, 1.807) is 0 Å². The van der Waals surface area contributed by atoms with Gasteiger partial charge in [0.2, 0.25) is 0 Å². The van der Waals surface area contributed by atoms with Crippen LogP contribution in [0.2, 0.25) is 0 Å². The van der Waals surface area contributed by atoms with Gasteiger partial charge in [0.1, 0.15) is 0 Å². The van der Waals surface area contributed by atoms with Gasteiger partial charge in [0.15, 0.2) is 0 Å². The molecular formula is C27H50. The lowest BCUT2D eigenvalue weighted by Gasteiger charge is -2.39. The van der Waals surface area contributed by atoms with Gasteiger partial charge in [-0.2, -0.15) is 0 Å². The Morgan fingerprint density at radius 3 is 1.22 bits per heavy atom. The molecule has 0 spiro atoms.